The highest BCUT2D eigenvalue weighted by Gasteiger charge is 2.54. The van der Waals surface area contributed by atoms with Crippen molar-refractivity contribution in [2.24, 2.45) is 0 Å². The Morgan fingerprint density at radius 3 is 1.44 bits per heavy atom. The highest BCUT2D eigenvalue weighted by Crippen LogP contribution is 2.42. The van der Waals surface area contributed by atoms with Gasteiger partial charge >= 0.3 is 0 Å². The number of rotatable bonds is 10. The van der Waals surface area contributed by atoms with Gasteiger partial charge in [0.1, 0.15) is 11.7 Å². The van der Waals surface area contributed by atoms with Crippen LogP contribution in [0.4, 0.5) is 0 Å². The molecule has 3 aromatic carbocycles. The normalized spacial score (nSPS) is 19.6. The first-order chi connectivity index (χ1) is 16.1. The fraction of sp³-hybridized carbons (Fsp3) is 0.379. The summed E-state index contributed by atoms with van der Waals surface area (Å²) in [4.78, 5) is 0. The van der Waals surface area contributed by atoms with E-state index in [1.54, 1.807) is 0 Å². The molecule has 0 aliphatic carbocycles. The molecule has 4 rings (SSSR count). The molecule has 0 aromatic heterocycles. The van der Waals surface area contributed by atoms with Crippen molar-refractivity contribution >= 4 is 16.4 Å². The van der Waals surface area contributed by atoms with Crippen molar-refractivity contribution in [3.05, 3.63) is 108 Å². The van der Waals surface area contributed by atoms with Gasteiger partial charge in [-0.3, -0.25) is 0 Å². The van der Waals surface area contributed by atoms with Crippen molar-refractivity contribution in [3.63, 3.8) is 0 Å². The van der Waals surface area contributed by atoms with Crippen molar-refractivity contribution in [1.29, 1.82) is 0 Å². The van der Waals surface area contributed by atoms with Gasteiger partial charge in [0, 0.05) is 0 Å². The highest BCUT2D eigenvalue weighted by atomic mass is 28.4. The molecule has 34 heavy (non-hydrogen) atoms. The van der Waals surface area contributed by atoms with E-state index in [4.69, 9.17) is 13.9 Å². The van der Waals surface area contributed by atoms with Gasteiger partial charge in [-0.05, 0) is 36.3 Å². The summed E-state index contributed by atoms with van der Waals surface area (Å²) in [5, 5.41) is 0. The van der Waals surface area contributed by atoms with Crippen LogP contribution < -0.4 is 0 Å². The minimum atomic E-state index is -1.81. The predicted molar refractivity (Wildman–Crippen MR) is 145 cm³/mol. The molecule has 0 spiro atoms. The maximum absolute atomic E-state index is 7.09. The largest absolute Gasteiger partial charge is 0.410 e. The van der Waals surface area contributed by atoms with Crippen molar-refractivity contribution in [2.75, 3.05) is 6.61 Å². The SMILES string of the molecule is C[Si](C)(C)O[C@H](COC(c1ccccc1)(c1ccccc1)c1ccccc1)[C@H]1O[C@@H]1[Si](C)(C)C. The molecule has 3 nitrogen and oxygen atoms in total. The Balaban J connectivity index is 1.76. The zero-order valence-electron chi connectivity index (χ0n) is 21.3. The van der Waals surface area contributed by atoms with Crippen LogP contribution in [0.2, 0.25) is 39.3 Å². The van der Waals surface area contributed by atoms with E-state index in [0.29, 0.717) is 12.3 Å². The first kappa shape index (κ1) is 25.1. The standard InChI is InChI=1S/C29H38O3Si2/c1-33(2,3)28-27(31-28)26(32-34(4,5)6)22-30-29(23-16-10-7-11-17-23,24-18-12-8-13-19-24)25-20-14-9-15-21-25/h7-21,26-28H,22H2,1-6H3/t26-,27-,28-/m1/s1. The Morgan fingerprint density at radius 2 is 1.12 bits per heavy atom. The summed E-state index contributed by atoms with van der Waals surface area (Å²) in [6.45, 7) is 14.3. The lowest BCUT2D eigenvalue weighted by Gasteiger charge is -2.38. The quantitative estimate of drug-likeness (QED) is 0.177. The Hall–Kier alpha value is -2.03. The van der Waals surface area contributed by atoms with Crippen molar-refractivity contribution in [1.82, 2.24) is 0 Å². The summed E-state index contributed by atoms with van der Waals surface area (Å²) < 4.78 is 20.0. The predicted octanol–water partition coefficient (Wildman–Crippen LogP) is 6.86. The van der Waals surface area contributed by atoms with Crippen LogP contribution in [0.5, 0.6) is 0 Å². The second-order valence-electron chi connectivity index (χ2n) is 11.2. The molecule has 0 saturated carbocycles. The lowest BCUT2D eigenvalue weighted by atomic mass is 9.80. The first-order valence-corrected chi connectivity index (χ1v) is 19.2. The van der Waals surface area contributed by atoms with Crippen molar-refractivity contribution < 1.29 is 13.9 Å². The second-order valence-corrected chi connectivity index (χ2v) is 21.0. The van der Waals surface area contributed by atoms with E-state index in [-0.39, 0.29) is 12.2 Å². The number of hydrogen-bond donors (Lipinski definition) is 0. The average Bonchev–Trinajstić information content (AvgIpc) is 3.62. The van der Waals surface area contributed by atoms with E-state index in [1.807, 2.05) is 0 Å². The van der Waals surface area contributed by atoms with E-state index < -0.39 is 22.0 Å². The van der Waals surface area contributed by atoms with Crippen LogP contribution in [-0.2, 0) is 19.5 Å². The molecule has 5 heteroatoms. The molecule has 0 unspecified atom stereocenters. The van der Waals surface area contributed by atoms with Crippen LogP contribution in [-0.4, -0.2) is 40.9 Å². The van der Waals surface area contributed by atoms with Crippen LogP contribution in [0.1, 0.15) is 16.7 Å². The van der Waals surface area contributed by atoms with Gasteiger partial charge < -0.3 is 13.9 Å². The maximum atomic E-state index is 7.09. The van der Waals surface area contributed by atoms with Crippen LogP contribution in [0, 0.1) is 0 Å². The first-order valence-electron chi connectivity index (χ1n) is 12.2. The van der Waals surface area contributed by atoms with E-state index in [9.17, 15) is 0 Å². The van der Waals surface area contributed by atoms with Crippen LogP contribution in [0.15, 0.2) is 91.0 Å². The van der Waals surface area contributed by atoms with Crippen LogP contribution in [0.3, 0.4) is 0 Å². The van der Waals surface area contributed by atoms with Gasteiger partial charge in [0.25, 0.3) is 0 Å². The Labute approximate surface area is 207 Å². The van der Waals surface area contributed by atoms with Crippen molar-refractivity contribution in [2.45, 2.75) is 62.8 Å². The summed E-state index contributed by atoms with van der Waals surface area (Å²) >= 11 is 0. The zero-order chi connectivity index (χ0) is 24.4. The van der Waals surface area contributed by atoms with Crippen LogP contribution >= 0.6 is 0 Å². The van der Waals surface area contributed by atoms with E-state index in [1.165, 1.54) is 0 Å². The molecular weight excluding hydrogens is 452 g/mol. The highest BCUT2D eigenvalue weighted by molar-refractivity contribution is 6.78. The van der Waals surface area contributed by atoms with E-state index in [2.05, 4.69) is 130 Å². The molecule has 3 atom stereocenters. The third kappa shape index (κ3) is 5.61. The molecule has 180 valence electrons. The fourth-order valence-corrected chi connectivity index (χ4v) is 7.61. The number of benzene rings is 3. The maximum Gasteiger partial charge on any atom is 0.184 e. The van der Waals surface area contributed by atoms with Gasteiger partial charge in [-0.2, -0.15) is 0 Å². The van der Waals surface area contributed by atoms with E-state index >= 15 is 0 Å². The summed E-state index contributed by atoms with van der Waals surface area (Å²) in [5.41, 5.74) is 2.90. The van der Waals surface area contributed by atoms with Gasteiger partial charge in [0.15, 0.2) is 8.32 Å². The van der Waals surface area contributed by atoms with Gasteiger partial charge in [-0.25, -0.2) is 0 Å². The molecule has 0 amide bonds. The Morgan fingerprint density at radius 1 is 0.706 bits per heavy atom. The molecule has 1 fully saturated rings. The molecule has 0 radical (unpaired) electrons. The van der Waals surface area contributed by atoms with Gasteiger partial charge in [0.2, 0.25) is 0 Å². The minimum absolute atomic E-state index is 0.0843. The van der Waals surface area contributed by atoms with Gasteiger partial charge in [-0.1, -0.05) is 111 Å². The Kier molecular flexibility index (Phi) is 7.31. The third-order valence-corrected chi connectivity index (χ3v) is 9.44. The number of epoxide rings is 1. The summed E-state index contributed by atoms with van der Waals surface area (Å²) in [5.74, 6) is 0. The van der Waals surface area contributed by atoms with Gasteiger partial charge in [-0.15, -0.1) is 0 Å². The minimum Gasteiger partial charge on any atom is -0.410 e. The summed E-state index contributed by atoms with van der Waals surface area (Å²) in [6, 6.07) is 31.6. The second kappa shape index (κ2) is 9.92. The molecule has 0 bridgehead atoms. The average molecular weight is 491 g/mol. The van der Waals surface area contributed by atoms with Crippen LogP contribution in [0.25, 0.3) is 0 Å². The third-order valence-electron chi connectivity index (χ3n) is 6.26. The molecule has 3 aromatic rings. The van der Waals surface area contributed by atoms with E-state index in [0.717, 1.165) is 16.7 Å². The Bertz CT molecular complexity index is 947. The molecule has 1 aliphatic rings. The zero-order valence-corrected chi connectivity index (χ0v) is 23.3. The lowest BCUT2D eigenvalue weighted by Crippen LogP contribution is -2.44. The van der Waals surface area contributed by atoms with Gasteiger partial charge in [0.05, 0.1) is 26.5 Å². The fourth-order valence-electron chi connectivity index (χ4n) is 4.73. The summed E-state index contributed by atoms with van der Waals surface area (Å²) in [7, 11) is -3.24. The number of ether oxygens (including phenoxy) is 2. The lowest BCUT2D eigenvalue weighted by molar-refractivity contribution is -0.0392. The molecule has 1 aliphatic heterocycles. The molecular formula is C29H38O3Si2. The topological polar surface area (TPSA) is 31.0 Å². The number of hydrogen-bond acceptors (Lipinski definition) is 3. The molecule has 1 heterocycles. The smallest absolute Gasteiger partial charge is 0.184 e. The molecule has 0 N–H and O–H groups in total. The summed E-state index contributed by atoms with van der Waals surface area (Å²) in [6.07, 6.45) is 0.0253. The monoisotopic (exact) mass is 490 g/mol. The molecule has 1 saturated heterocycles. The van der Waals surface area contributed by atoms with Crippen molar-refractivity contribution in [3.8, 4) is 0 Å².